The summed E-state index contributed by atoms with van der Waals surface area (Å²) in [5.74, 6) is -0.338. The van der Waals surface area contributed by atoms with Gasteiger partial charge in [0, 0.05) is 19.2 Å². The molecule has 1 aliphatic heterocycles. The number of carbonyl (C=O) groups is 2. The molecule has 1 unspecified atom stereocenters. The van der Waals surface area contributed by atoms with Gasteiger partial charge in [-0.05, 0) is 12.1 Å². The van der Waals surface area contributed by atoms with Gasteiger partial charge in [0.15, 0.2) is 0 Å². The van der Waals surface area contributed by atoms with E-state index in [1.54, 1.807) is 6.07 Å². The van der Waals surface area contributed by atoms with E-state index >= 15 is 0 Å². The minimum atomic E-state index is -0.803. The number of nitrogens with two attached hydrogens (primary N) is 1. The number of aliphatic hydroxyl groups is 1. The molecular weight excluding hydrogens is 272 g/mol. The highest BCUT2D eigenvalue weighted by atomic mass is 35.5. The number of β-amino-alcohol motifs (C(OH)–C–C–N with tert-alkyl or cyclic N) is 1. The molecule has 19 heavy (non-hydrogen) atoms. The molecule has 0 spiro atoms. The first-order valence-corrected chi connectivity index (χ1v) is 6.01. The van der Waals surface area contributed by atoms with Crippen molar-refractivity contribution in [2.75, 3.05) is 11.9 Å². The molecule has 2 rings (SSSR count). The number of hydrogen-bond acceptors (Lipinski definition) is 4. The minimum Gasteiger partial charge on any atom is -0.391 e. The molecule has 0 radical (unpaired) electrons. The van der Waals surface area contributed by atoms with Crippen molar-refractivity contribution in [1.82, 2.24) is 9.88 Å². The van der Waals surface area contributed by atoms with Crippen LogP contribution in [0, 0.1) is 0 Å². The topological polar surface area (TPSA) is 109 Å². The summed E-state index contributed by atoms with van der Waals surface area (Å²) in [5.41, 5.74) is 5.20. The number of hydrogen-bond donors (Lipinski definition) is 3. The lowest BCUT2D eigenvalue weighted by Gasteiger charge is -2.21. The van der Waals surface area contributed by atoms with Crippen LogP contribution in [0.1, 0.15) is 6.42 Å². The Morgan fingerprint density at radius 2 is 2.26 bits per heavy atom. The summed E-state index contributed by atoms with van der Waals surface area (Å²) in [7, 11) is 0. The van der Waals surface area contributed by atoms with Crippen molar-refractivity contribution in [3.63, 3.8) is 0 Å². The number of primary amides is 1. The largest absolute Gasteiger partial charge is 0.391 e. The van der Waals surface area contributed by atoms with Crippen molar-refractivity contribution in [2.24, 2.45) is 5.73 Å². The first-order chi connectivity index (χ1) is 8.97. The molecule has 2 atom stereocenters. The van der Waals surface area contributed by atoms with Crippen molar-refractivity contribution in [3.05, 3.63) is 23.4 Å². The molecule has 0 aliphatic carbocycles. The Balaban J connectivity index is 2.06. The molecule has 102 valence electrons. The number of nitrogens with one attached hydrogen (secondary N) is 1. The van der Waals surface area contributed by atoms with Gasteiger partial charge in [-0.25, -0.2) is 9.78 Å². The molecule has 7 nitrogen and oxygen atoms in total. The summed E-state index contributed by atoms with van der Waals surface area (Å²) < 4.78 is 0. The molecular formula is C11H13ClN4O3. The van der Waals surface area contributed by atoms with E-state index in [4.69, 9.17) is 17.3 Å². The zero-order valence-electron chi connectivity index (χ0n) is 9.91. The molecule has 4 N–H and O–H groups in total. The van der Waals surface area contributed by atoms with Crippen LogP contribution in [-0.2, 0) is 4.79 Å². The molecule has 1 saturated heterocycles. The Morgan fingerprint density at radius 3 is 2.84 bits per heavy atom. The van der Waals surface area contributed by atoms with Crippen LogP contribution in [0.2, 0.25) is 5.02 Å². The van der Waals surface area contributed by atoms with Crippen LogP contribution in [-0.4, -0.2) is 45.6 Å². The lowest BCUT2D eigenvalue weighted by Crippen LogP contribution is -2.45. The van der Waals surface area contributed by atoms with Crippen molar-refractivity contribution in [2.45, 2.75) is 18.6 Å². The van der Waals surface area contributed by atoms with E-state index in [-0.39, 0.29) is 13.0 Å². The average molecular weight is 285 g/mol. The normalized spacial score (nSPS) is 22.3. The van der Waals surface area contributed by atoms with E-state index in [1.807, 2.05) is 0 Å². The van der Waals surface area contributed by atoms with Crippen LogP contribution in [0.15, 0.2) is 18.3 Å². The number of amides is 3. The first kappa shape index (κ1) is 13.6. The van der Waals surface area contributed by atoms with Gasteiger partial charge in [0.1, 0.15) is 11.9 Å². The number of nitrogens with zero attached hydrogens (tertiary/aromatic N) is 2. The van der Waals surface area contributed by atoms with Crippen LogP contribution < -0.4 is 11.1 Å². The van der Waals surface area contributed by atoms with Gasteiger partial charge in [0.25, 0.3) is 0 Å². The van der Waals surface area contributed by atoms with Crippen LogP contribution in [0.3, 0.4) is 0 Å². The van der Waals surface area contributed by atoms with E-state index in [1.165, 1.54) is 17.2 Å². The summed E-state index contributed by atoms with van der Waals surface area (Å²) in [5, 5.41) is 12.5. The van der Waals surface area contributed by atoms with Crippen molar-refractivity contribution >= 4 is 29.4 Å². The zero-order chi connectivity index (χ0) is 14.0. The van der Waals surface area contributed by atoms with Crippen LogP contribution in [0.5, 0.6) is 0 Å². The highest BCUT2D eigenvalue weighted by molar-refractivity contribution is 6.30. The van der Waals surface area contributed by atoms with Gasteiger partial charge in [-0.2, -0.15) is 0 Å². The van der Waals surface area contributed by atoms with Crippen molar-refractivity contribution in [1.29, 1.82) is 0 Å². The minimum absolute atomic E-state index is 0.0625. The maximum absolute atomic E-state index is 12.0. The van der Waals surface area contributed by atoms with Gasteiger partial charge in [0.2, 0.25) is 5.91 Å². The molecule has 1 fully saturated rings. The molecule has 1 aliphatic rings. The van der Waals surface area contributed by atoms with Gasteiger partial charge < -0.3 is 15.7 Å². The number of carbonyl (C=O) groups excluding carboxylic acids is 2. The molecule has 2 heterocycles. The maximum atomic E-state index is 12.0. The van der Waals surface area contributed by atoms with Gasteiger partial charge >= 0.3 is 6.03 Å². The fourth-order valence-corrected chi connectivity index (χ4v) is 2.05. The Hall–Kier alpha value is -1.86. The van der Waals surface area contributed by atoms with Crippen molar-refractivity contribution in [3.8, 4) is 0 Å². The van der Waals surface area contributed by atoms with Gasteiger partial charge in [-0.3, -0.25) is 10.1 Å². The van der Waals surface area contributed by atoms with Crippen LogP contribution >= 0.6 is 11.6 Å². The number of urea groups is 1. The summed E-state index contributed by atoms with van der Waals surface area (Å²) >= 11 is 5.68. The van der Waals surface area contributed by atoms with Crippen LogP contribution in [0.4, 0.5) is 10.6 Å². The Bertz CT molecular complexity index is 493. The van der Waals surface area contributed by atoms with Gasteiger partial charge in [-0.1, -0.05) is 11.6 Å². The Labute approximate surface area is 114 Å². The molecule has 8 heteroatoms. The van der Waals surface area contributed by atoms with Crippen molar-refractivity contribution < 1.29 is 14.7 Å². The third-order valence-corrected chi connectivity index (χ3v) is 3.05. The standard InChI is InChI=1S/C11H13ClN4O3/c12-6-1-2-9(14-4-6)15-11(19)16-5-7(17)3-8(16)10(13)18/h1-2,4,7-8,17H,3,5H2,(H2,13,18)(H,14,15,19)/t7?,8-/m0/s1. The predicted molar refractivity (Wildman–Crippen MR) is 68.6 cm³/mol. The third-order valence-electron chi connectivity index (χ3n) is 2.83. The summed E-state index contributed by atoms with van der Waals surface area (Å²) in [6.07, 6.45) is 0.791. The smallest absolute Gasteiger partial charge is 0.323 e. The number of pyridine rings is 1. The quantitative estimate of drug-likeness (QED) is 0.720. The SMILES string of the molecule is NC(=O)[C@@H]1CC(O)CN1C(=O)Nc1ccc(Cl)cn1. The number of aliphatic hydroxyl groups excluding tert-OH is 1. The molecule has 0 aromatic carbocycles. The van der Waals surface area contributed by atoms with E-state index in [2.05, 4.69) is 10.3 Å². The fourth-order valence-electron chi connectivity index (χ4n) is 1.94. The molecule has 1 aromatic rings. The summed E-state index contributed by atoms with van der Waals surface area (Å²) in [4.78, 5) is 28.3. The second kappa shape index (κ2) is 5.41. The molecule has 1 aromatic heterocycles. The lowest BCUT2D eigenvalue weighted by molar-refractivity contribution is -0.121. The number of likely N-dealkylation sites (tertiary alicyclic amines) is 1. The monoisotopic (exact) mass is 284 g/mol. The van der Waals surface area contributed by atoms with Crippen LogP contribution in [0.25, 0.3) is 0 Å². The summed E-state index contributed by atoms with van der Waals surface area (Å²) in [6.45, 7) is 0.0625. The maximum Gasteiger partial charge on any atom is 0.323 e. The van der Waals surface area contributed by atoms with E-state index in [9.17, 15) is 14.7 Å². The van der Waals surface area contributed by atoms with E-state index in [0.717, 1.165) is 0 Å². The highest BCUT2D eigenvalue weighted by Crippen LogP contribution is 2.19. The van der Waals surface area contributed by atoms with Gasteiger partial charge in [0.05, 0.1) is 11.1 Å². The average Bonchev–Trinajstić information content (AvgIpc) is 2.74. The van der Waals surface area contributed by atoms with Gasteiger partial charge in [-0.15, -0.1) is 0 Å². The second-order valence-electron chi connectivity index (χ2n) is 4.25. The zero-order valence-corrected chi connectivity index (χ0v) is 10.7. The third kappa shape index (κ3) is 3.12. The Morgan fingerprint density at radius 1 is 1.53 bits per heavy atom. The summed E-state index contributed by atoms with van der Waals surface area (Å²) in [6, 6.07) is 1.78. The lowest BCUT2D eigenvalue weighted by atomic mass is 10.2. The number of aromatic nitrogens is 1. The first-order valence-electron chi connectivity index (χ1n) is 5.64. The Kier molecular flexibility index (Phi) is 3.87. The highest BCUT2D eigenvalue weighted by Gasteiger charge is 2.37. The molecule has 0 saturated carbocycles. The predicted octanol–water partition coefficient (Wildman–Crippen LogP) is 0.187. The fraction of sp³-hybridized carbons (Fsp3) is 0.364. The molecule has 3 amide bonds. The molecule has 0 bridgehead atoms. The number of halogens is 1. The van der Waals surface area contributed by atoms with E-state index < -0.39 is 24.1 Å². The second-order valence-corrected chi connectivity index (χ2v) is 4.69. The number of rotatable bonds is 2. The van der Waals surface area contributed by atoms with E-state index in [0.29, 0.717) is 10.8 Å². The number of anilines is 1.